The number of carbonyl (C=O) groups is 2. The molecule has 0 aliphatic rings. The smallest absolute Gasteiger partial charge is 0.332 e. The standard InChI is InChI=1S/C18H18F3N3O3/c1-2-23(17(27)12-24-10-6-5-9-16(24)26)11-15(25)22-14-8-4-3-7-13(14)18(19,20)21/h3-10H,2,11-12H2,1H3,(H,22,25). The van der Waals surface area contributed by atoms with E-state index in [4.69, 9.17) is 0 Å². The maximum absolute atomic E-state index is 13.0. The maximum Gasteiger partial charge on any atom is 0.418 e. The van der Waals surface area contributed by atoms with Gasteiger partial charge in [0, 0.05) is 18.8 Å². The second-order valence-electron chi connectivity index (χ2n) is 5.67. The molecule has 0 aliphatic carbocycles. The Morgan fingerprint density at radius 1 is 1.11 bits per heavy atom. The van der Waals surface area contributed by atoms with Gasteiger partial charge >= 0.3 is 6.18 Å². The molecule has 1 N–H and O–H groups in total. The summed E-state index contributed by atoms with van der Waals surface area (Å²) < 4.78 is 40.1. The fourth-order valence-corrected chi connectivity index (χ4v) is 2.42. The van der Waals surface area contributed by atoms with Crippen molar-refractivity contribution in [2.24, 2.45) is 0 Å². The van der Waals surface area contributed by atoms with Gasteiger partial charge in [0.15, 0.2) is 0 Å². The number of hydrogen-bond donors (Lipinski definition) is 1. The van der Waals surface area contributed by atoms with E-state index in [1.807, 2.05) is 0 Å². The molecule has 1 heterocycles. The zero-order valence-electron chi connectivity index (χ0n) is 14.5. The van der Waals surface area contributed by atoms with Crippen molar-refractivity contribution in [2.45, 2.75) is 19.6 Å². The van der Waals surface area contributed by atoms with Crippen molar-refractivity contribution in [3.05, 3.63) is 64.6 Å². The van der Waals surface area contributed by atoms with Gasteiger partial charge in [0.05, 0.1) is 17.8 Å². The van der Waals surface area contributed by atoms with Gasteiger partial charge in [-0.05, 0) is 25.1 Å². The second kappa shape index (κ2) is 8.52. The third-order valence-electron chi connectivity index (χ3n) is 3.78. The van der Waals surface area contributed by atoms with Gasteiger partial charge in [-0.15, -0.1) is 0 Å². The quantitative estimate of drug-likeness (QED) is 0.835. The number of para-hydroxylation sites is 1. The molecule has 0 aliphatic heterocycles. The van der Waals surface area contributed by atoms with Crippen LogP contribution in [0.5, 0.6) is 0 Å². The van der Waals surface area contributed by atoms with Crippen LogP contribution in [-0.2, 0) is 22.3 Å². The lowest BCUT2D eigenvalue weighted by Crippen LogP contribution is -2.41. The van der Waals surface area contributed by atoms with Gasteiger partial charge in [-0.3, -0.25) is 14.4 Å². The molecule has 6 nitrogen and oxygen atoms in total. The van der Waals surface area contributed by atoms with E-state index in [9.17, 15) is 27.6 Å². The summed E-state index contributed by atoms with van der Waals surface area (Å²) in [7, 11) is 0. The molecule has 0 spiro atoms. The first-order valence-electron chi connectivity index (χ1n) is 8.11. The minimum absolute atomic E-state index is 0.161. The third-order valence-corrected chi connectivity index (χ3v) is 3.78. The Balaban J connectivity index is 2.06. The van der Waals surface area contributed by atoms with Gasteiger partial charge in [0.25, 0.3) is 5.56 Å². The number of amides is 2. The van der Waals surface area contributed by atoms with Crippen LogP contribution in [0.25, 0.3) is 0 Å². The lowest BCUT2D eigenvalue weighted by Gasteiger charge is -2.21. The van der Waals surface area contributed by atoms with Crippen LogP contribution < -0.4 is 10.9 Å². The molecule has 0 saturated carbocycles. The van der Waals surface area contributed by atoms with Crippen molar-refractivity contribution in [1.82, 2.24) is 9.47 Å². The molecule has 0 fully saturated rings. The molecule has 2 rings (SSSR count). The predicted molar refractivity (Wildman–Crippen MR) is 93.0 cm³/mol. The topological polar surface area (TPSA) is 71.4 Å². The van der Waals surface area contributed by atoms with Crippen LogP contribution in [0.4, 0.5) is 18.9 Å². The summed E-state index contributed by atoms with van der Waals surface area (Å²) in [5.74, 6) is -1.26. The van der Waals surface area contributed by atoms with E-state index in [0.29, 0.717) is 0 Å². The number of aromatic nitrogens is 1. The minimum atomic E-state index is -4.61. The van der Waals surface area contributed by atoms with Crippen LogP contribution in [0.2, 0.25) is 0 Å². The number of hydrogen-bond acceptors (Lipinski definition) is 3. The van der Waals surface area contributed by atoms with Crippen molar-refractivity contribution in [1.29, 1.82) is 0 Å². The first-order valence-corrected chi connectivity index (χ1v) is 8.11. The highest BCUT2D eigenvalue weighted by molar-refractivity contribution is 5.95. The summed E-state index contributed by atoms with van der Waals surface area (Å²) in [6.45, 7) is 1.10. The average molecular weight is 381 g/mol. The Kier molecular flexibility index (Phi) is 6.38. The highest BCUT2D eigenvalue weighted by Crippen LogP contribution is 2.34. The highest BCUT2D eigenvalue weighted by Gasteiger charge is 2.33. The molecule has 144 valence electrons. The molecule has 2 amide bonds. The Bertz CT molecular complexity index is 878. The largest absolute Gasteiger partial charge is 0.418 e. The van der Waals surface area contributed by atoms with E-state index >= 15 is 0 Å². The fourth-order valence-electron chi connectivity index (χ4n) is 2.42. The van der Waals surface area contributed by atoms with Crippen LogP contribution >= 0.6 is 0 Å². The van der Waals surface area contributed by atoms with E-state index in [0.717, 1.165) is 17.0 Å². The summed E-state index contributed by atoms with van der Waals surface area (Å²) in [5.41, 5.74) is -1.72. The summed E-state index contributed by atoms with van der Waals surface area (Å²) >= 11 is 0. The monoisotopic (exact) mass is 381 g/mol. The summed E-state index contributed by atoms with van der Waals surface area (Å²) in [4.78, 5) is 37.3. The van der Waals surface area contributed by atoms with Crippen LogP contribution in [0.1, 0.15) is 12.5 Å². The SMILES string of the molecule is CCN(CC(=O)Nc1ccccc1C(F)(F)F)C(=O)Cn1ccccc1=O. The minimum Gasteiger partial charge on any atom is -0.332 e. The van der Waals surface area contributed by atoms with Crippen LogP contribution in [0.3, 0.4) is 0 Å². The average Bonchev–Trinajstić information content (AvgIpc) is 2.61. The van der Waals surface area contributed by atoms with E-state index in [-0.39, 0.29) is 24.3 Å². The zero-order valence-corrected chi connectivity index (χ0v) is 14.5. The number of anilines is 1. The number of benzene rings is 1. The molecule has 9 heteroatoms. The summed E-state index contributed by atoms with van der Waals surface area (Å²) in [6, 6.07) is 9.01. The second-order valence-corrected chi connectivity index (χ2v) is 5.67. The predicted octanol–water partition coefficient (Wildman–Crippen LogP) is 2.35. The Morgan fingerprint density at radius 2 is 1.78 bits per heavy atom. The zero-order chi connectivity index (χ0) is 20.0. The number of rotatable bonds is 6. The molecule has 27 heavy (non-hydrogen) atoms. The molecular weight excluding hydrogens is 363 g/mol. The lowest BCUT2D eigenvalue weighted by atomic mass is 10.1. The van der Waals surface area contributed by atoms with Gasteiger partial charge in [-0.25, -0.2) is 0 Å². The van der Waals surface area contributed by atoms with Crippen LogP contribution in [-0.4, -0.2) is 34.4 Å². The molecule has 0 atom stereocenters. The Morgan fingerprint density at radius 3 is 2.41 bits per heavy atom. The first kappa shape index (κ1) is 20.2. The van der Waals surface area contributed by atoms with Crippen molar-refractivity contribution in [2.75, 3.05) is 18.4 Å². The fraction of sp³-hybridized carbons (Fsp3) is 0.278. The third kappa shape index (κ3) is 5.44. The van der Waals surface area contributed by atoms with Crippen LogP contribution in [0.15, 0.2) is 53.5 Å². The molecular formula is C18H18F3N3O3. The first-order chi connectivity index (χ1) is 12.7. The number of likely N-dealkylation sites (N-methyl/N-ethyl adjacent to an activating group) is 1. The lowest BCUT2D eigenvalue weighted by molar-refractivity contribution is -0.137. The molecule has 0 unspecified atom stereocenters. The number of nitrogens with one attached hydrogen (secondary N) is 1. The number of halogens is 3. The maximum atomic E-state index is 13.0. The normalized spacial score (nSPS) is 11.1. The summed E-state index contributed by atoms with van der Waals surface area (Å²) in [6.07, 6.45) is -3.17. The molecule has 2 aromatic rings. The Hall–Kier alpha value is -3.10. The van der Waals surface area contributed by atoms with Gasteiger partial charge in [0.2, 0.25) is 11.8 Å². The molecule has 1 aromatic heterocycles. The number of pyridine rings is 1. The molecule has 0 saturated heterocycles. The molecule has 0 bridgehead atoms. The molecule has 0 radical (unpaired) electrons. The van der Waals surface area contributed by atoms with Crippen molar-refractivity contribution < 1.29 is 22.8 Å². The summed E-state index contributed by atoms with van der Waals surface area (Å²) in [5, 5.41) is 2.19. The number of alkyl halides is 3. The number of carbonyl (C=O) groups excluding carboxylic acids is 2. The van der Waals surface area contributed by atoms with E-state index in [2.05, 4.69) is 5.32 Å². The highest BCUT2D eigenvalue weighted by atomic mass is 19.4. The molecule has 1 aromatic carbocycles. The van der Waals surface area contributed by atoms with Crippen LogP contribution in [0, 0.1) is 0 Å². The van der Waals surface area contributed by atoms with E-state index in [1.165, 1.54) is 35.0 Å². The van der Waals surface area contributed by atoms with Gasteiger partial charge in [0.1, 0.15) is 6.54 Å². The van der Waals surface area contributed by atoms with Crippen molar-refractivity contribution in [3.8, 4) is 0 Å². The van der Waals surface area contributed by atoms with Gasteiger partial charge in [-0.1, -0.05) is 18.2 Å². The van der Waals surface area contributed by atoms with Gasteiger partial charge in [-0.2, -0.15) is 13.2 Å². The number of nitrogens with zero attached hydrogens (tertiary/aromatic N) is 2. The van der Waals surface area contributed by atoms with Crippen molar-refractivity contribution >= 4 is 17.5 Å². The Labute approximate surface area is 153 Å². The van der Waals surface area contributed by atoms with Crippen molar-refractivity contribution in [3.63, 3.8) is 0 Å². The van der Waals surface area contributed by atoms with E-state index < -0.39 is 30.1 Å². The van der Waals surface area contributed by atoms with Gasteiger partial charge < -0.3 is 14.8 Å². The van der Waals surface area contributed by atoms with E-state index in [1.54, 1.807) is 13.0 Å².